The molecule has 0 saturated carbocycles. The third-order valence-electron chi connectivity index (χ3n) is 4.62. The molecule has 2 saturated heterocycles. The number of hydrogen-bond donors (Lipinski definition) is 1. The van der Waals surface area contributed by atoms with Crippen molar-refractivity contribution in [3.63, 3.8) is 0 Å². The van der Waals surface area contributed by atoms with Crippen molar-refractivity contribution in [2.75, 3.05) is 45.7 Å². The second kappa shape index (κ2) is 4.56. The highest BCUT2D eigenvalue weighted by molar-refractivity contribution is 5.48. The lowest BCUT2D eigenvalue weighted by molar-refractivity contribution is -0.0882. The van der Waals surface area contributed by atoms with Crippen LogP contribution in [0.4, 0.5) is 5.69 Å². The number of hydrogen-bond acceptors (Lipinski definition) is 3. The molecule has 1 atom stereocenters. The Hall–Kier alpha value is -1.06. The number of ether oxygens (including phenoxy) is 1. The third kappa shape index (κ3) is 1.82. The van der Waals surface area contributed by atoms with Crippen molar-refractivity contribution in [2.24, 2.45) is 5.92 Å². The fraction of sp³-hybridized carbons (Fsp3) is 0.600. The summed E-state index contributed by atoms with van der Waals surface area (Å²) in [6, 6.07) is 8.83. The monoisotopic (exact) mass is 246 g/mol. The van der Waals surface area contributed by atoms with Crippen molar-refractivity contribution in [3.05, 3.63) is 29.8 Å². The molecule has 2 aliphatic heterocycles. The van der Waals surface area contributed by atoms with E-state index < -0.39 is 0 Å². The highest BCUT2D eigenvalue weighted by Crippen LogP contribution is 2.43. The predicted molar refractivity (Wildman–Crippen MR) is 74.1 cm³/mol. The van der Waals surface area contributed by atoms with Gasteiger partial charge in [0.1, 0.15) is 0 Å². The molecule has 18 heavy (non-hydrogen) atoms. The molecule has 0 amide bonds. The Kier molecular flexibility index (Phi) is 3.04. The molecule has 2 heterocycles. The summed E-state index contributed by atoms with van der Waals surface area (Å²) < 4.78 is 5.57. The number of nitrogens with one attached hydrogen (secondary N) is 1. The van der Waals surface area contributed by atoms with Gasteiger partial charge in [0.05, 0.1) is 13.2 Å². The molecule has 0 spiro atoms. The number of nitrogens with zero attached hydrogens (tertiary/aromatic N) is 1. The van der Waals surface area contributed by atoms with Gasteiger partial charge in [-0.1, -0.05) is 12.1 Å². The summed E-state index contributed by atoms with van der Waals surface area (Å²) in [7, 11) is 4.20. The van der Waals surface area contributed by atoms with E-state index in [1.807, 2.05) is 7.05 Å². The topological polar surface area (TPSA) is 24.5 Å². The molecule has 98 valence electrons. The van der Waals surface area contributed by atoms with Crippen molar-refractivity contribution in [2.45, 2.75) is 11.8 Å². The second-order valence-corrected chi connectivity index (χ2v) is 5.73. The maximum atomic E-state index is 5.57. The third-order valence-corrected chi connectivity index (χ3v) is 4.62. The van der Waals surface area contributed by atoms with Crippen molar-refractivity contribution in [3.8, 4) is 0 Å². The van der Waals surface area contributed by atoms with Gasteiger partial charge >= 0.3 is 0 Å². The summed E-state index contributed by atoms with van der Waals surface area (Å²) in [5.41, 5.74) is 2.91. The van der Waals surface area contributed by atoms with Gasteiger partial charge in [-0.2, -0.15) is 0 Å². The Balaban J connectivity index is 1.90. The zero-order valence-electron chi connectivity index (χ0n) is 11.3. The molecule has 1 unspecified atom stereocenters. The molecular formula is C15H22N2O. The Morgan fingerprint density at radius 1 is 1.39 bits per heavy atom. The molecule has 0 bridgehead atoms. The Morgan fingerprint density at radius 3 is 2.78 bits per heavy atom. The zero-order valence-corrected chi connectivity index (χ0v) is 11.3. The normalized spacial score (nSPS) is 26.9. The van der Waals surface area contributed by atoms with E-state index in [-0.39, 0.29) is 5.41 Å². The van der Waals surface area contributed by atoms with Gasteiger partial charge in [0.2, 0.25) is 0 Å². The number of anilines is 1. The van der Waals surface area contributed by atoms with Gasteiger partial charge in [-0.25, -0.2) is 0 Å². The van der Waals surface area contributed by atoms with Gasteiger partial charge in [0.15, 0.2) is 0 Å². The van der Waals surface area contributed by atoms with Crippen molar-refractivity contribution in [1.82, 2.24) is 4.90 Å². The molecule has 3 rings (SSSR count). The lowest BCUT2D eigenvalue weighted by atomic mass is 9.68. The van der Waals surface area contributed by atoms with Crippen LogP contribution < -0.4 is 5.32 Å². The maximum Gasteiger partial charge on any atom is 0.0588 e. The molecule has 1 aromatic rings. The van der Waals surface area contributed by atoms with Gasteiger partial charge < -0.3 is 15.0 Å². The van der Waals surface area contributed by atoms with Crippen LogP contribution in [0.2, 0.25) is 0 Å². The Bertz CT molecular complexity index is 428. The highest BCUT2D eigenvalue weighted by Gasteiger charge is 2.48. The zero-order chi connectivity index (χ0) is 12.6. The van der Waals surface area contributed by atoms with Crippen molar-refractivity contribution in [1.29, 1.82) is 0 Å². The smallest absolute Gasteiger partial charge is 0.0588 e. The quantitative estimate of drug-likeness (QED) is 0.882. The molecule has 1 aromatic carbocycles. The first-order valence-electron chi connectivity index (χ1n) is 6.79. The van der Waals surface area contributed by atoms with Crippen LogP contribution >= 0.6 is 0 Å². The maximum absolute atomic E-state index is 5.57. The predicted octanol–water partition coefficient (Wildman–Crippen LogP) is 1.95. The first-order valence-corrected chi connectivity index (χ1v) is 6.79. The average Bonchev–Trinajstić information content (AvgIpc) is 2.75. The Morgan fingerprint density at radius 2 is 2.22 bits per heavy atom. The minimum absolute atomic E-state index is 0.262. The van der Waals surface area contributed by atoms with E-state index in [4.69, 9.17) is 4.74 Å². The average molecular weight is 246 g/mol. The van der Waals surface area contributed by atoms with E-state index in [9.17, 15) is 0 Å². The van der Waals surface area contributed by atoms with Gasteiger partial charge in [0, 0.05) is 24.7 Å². The van der Waals surface area contributed by atoms with Gasteiger partial charge in [0.25, 0.3) is 0 Å². The van der Waals surface area contributed by atoms with Crippen LogP contribution in [0, 0.1) is 5.92 Å². The van der Waals surface area contributed by atoms with Crippen LogP contribution in [0.1, 0.15) is 12.0 Å². The standard InChI is InChI=1S/C15H22N2O/c1-16-14-5-3-4-12(8-14)15(10-18-11-15)13-6-7-17(2)9-13/h3-5,8,13,16H,6-7,9-11H2,1-2H3. The number of likely N-dealkylation sites (tertiary alicyclic amines) is 1. The lowest BCUT2D eigenvalue weighted by Gasteiger charge is -2.46. The summed E-state index contributed by atoms with van der Waals surface area (Å²) in [5.74, 6) is 0.739. The van der Waals surface area contributed by atoms with Gasteiger partial charge in [-0.3, -0.25) is 0 Å². The van der Waals surface area contributed by atoms with Crippen LogP contribution in [0.15, 0.2) is 24.3 Å². The molecule has 2 aliphatic rings. The summed E-state index contributed by atoms with van der Waals surface area (Å²) in [6.07, 6.45) is 1.30. The molecule has 1 N–H and O–H groups in total. The highest BCUT2D eigenvalue weighted by atomic mass is 16.5. The van der Waals surface area contributed by atoms with E-state index in [1.54, 1.807) is 0 Å². The van der Waals surface area contributed by atoms with Gasteiger partial charge in [-0.15, -0.1) is 0 Å². The fourth-order valence-electron chi connectivity index (χ4n) is 3.33. The molecular weight excluding hydrogens is 224 g/mol. The molecule has 0 aliphatic carbocycles. The molecule has 3 heteroatoms. The van der Waals surface area contributed by atoms with E-state index in [0.717, 1.165) is 19.1 Å². The van der Waals surface area contributed by atoms with E-state index in [0.29, 0.717) is 0 Å². The van der Waals surface area contributed by atoms with Crippen molar-refractivity contribution < 1.29 is 4.74 Å². The van der Waals surface area contributed by atoms with Crippen LogP contribution in [-0.2, 0) is 10.2 Å². The largest absolute Gasteiger partial charge is 0.388 e. The van der Waals surface area contributed by atoms with Crippen LogP contribution in [0.5, 0.6) is 0 Å². The minimum Gasteiger partial charge on any atom is -0.388 e. The summed E-state index contributed by atoms with van der Waals surface area (Å²) in [4.78, 5) is 2.44. The second-order valence-electron chi connectivity index (χ2n) is 5.73. The van der Waals surface area contributed by atoms with Crippen molar-refractivity contribution >= 4 is 5.69 Å². The van der Waals surface area contributed by atoms with E-state index in [1.165, 1.54) is 30.8 Å². The number of rotatable bonds is 3. The van der Waals surface area contributed by atoms with Gasteiger partial charge in [-0.05, 0) is 43.6 Å². The molecule has 0 radical (unpaired) electrons. The summed E-state index contributed by atoms with van der Waals surface area (Å²) >= 11 is 0. The first kappa shape index (κ1) is 12.0. The fourth-order valence-corrected chi connectivity index (χ4v) is 3.33. The molecule has 3 nitrogen and oxygen atoms in total. The molecule has 2 fully saturated rings. The van der Waals surface area contributed by atoms with Crippen LogP contribution in [0.25, 0.3) is 0 Å². The summed E-state index contributed by atoms with van der Waals surface area (Å²) in [6.45, 7) is 4.20. The Labute approximate surface area is 109 Å². The van der Waals surface area contributed by atoms with E-state index in [2.05, 4.69) is 41.5 Å². The number of benzene rings is 1. The lowest BCUT2D eigenvalue weighted by Crippen LogP contribution is -2.53. The minimum atomic E-state index is 0.262. The SMILES string of the molecule is CNc1cccc(C2(C3CCN(C)C3)COC2)c1. The first-order chi connectivity index (χ1) is 8.74. The van der Waals surface area contributed by atoms with Crippen LogP contribution in [0.3, 0.4) is 0 Å². The van der Waals surface area contributed by atoms with Crippen LogP contribution in [-0.4, -0.2) is 45.3 Å². The summed E-state index contributed by atoms with van der Waals surface area (Å²) in [5, 5.41) is 3.24. The molecule has 0 aromatic heterocycles. The van der Waals surface area contributed by atoms with E-state index >= 15 is 0 Å².